The molecule has 100 valence electrons. The van der Waals surface area contributed by atoms with E-state index in [2.05, 4.69) is 0 Å². The maximum absolute atomic E-state index is 12.3. The Morgan fingerprint density at radius 3 is 2.79 bits per heavy atom. The first-order valence-electron chi connectivity index (χ1n) is 5.98. The van der Waals surface area contributed by atoms with Gasteiger partial charge in [0.05, 0.1) is 11.8 Å². The summed E-state index contributed by atoms with van der Waals surface area (Å²) in [7, 11) is 0. The maximum atomic E-state index is 12.3. The highest BCUT2D eigenvalue weighted by Gasteiger charge is 2.19. The van der Waals surface area contributed by atoms with Crippen LogP contribution in [0.25, 0.3) is 0 Å². The molecule has 0 saturated carbocycles. The molecule has 2 rings (SSSR count). The number of hydrogen-bond donors (Lipinski definition) is 1. The van der Waals surface area contributed by atoms with Gasteiger partial charge in [-0.25, -0.2) is 0 Å². The van der Waals surface area contributed by atoms with Gasteiger partial charge in [-0.2, -0.15) is 0 Å². The van der Waals surface area contributed by atoms with Gasteiger partial charge in [0.25, 0.3) is 5.91 Å². The number of benzene rings is 1. The Balaban J connectivity index is 2.17. The summed E-state index contributed by atoms with van der Waals surface area (Å²) in [5.41, 5.74) is 7.78. The van der Waals surface area contributed by atoms with Gasteiger partial charge in [-0.3, -0.25) is 4.79 Å². The number of carbonyl (C=O) groups excluding carboxylic acids is 1. The second kappa shape index (κ2) is 5.80. The Bertz CT molecular complexity index is 580. The molecule has 1 aromatic carbocycles. The molecular formula is C14H15ClN2O2. The first-order valence-corrected chi connectivity index (χ1v) is 6.36. The summed E-state index contributed by atoms with van der Waals surface area (Å²) >= 11 is 5.83. The van der Waals surface area contributed by atoms with Crippen molar-refractivity contribution in [2.24, 2.45) is 0 Å². The second-order valence-corrected chi connectivity index (χ2v) is 4.52. The van der Waals surface area contributed by atoms with Gasteiger partial charge in [-0.15, -0.1) is 0 Å². The van der Waals surface area contributed by atoms with E-state index in [1.54, 1.807) is 11.0 Å². The maximum Gasteiger partial charge on any atom is 0.259 e. The molecule has 0 aliphatic rings. The molecule has 0 aliphatic heterocycles. The first-order chi connectivity index (χ1) is 9.11. The van der Waals surface area contributed by atoms with Crippen LogP contribution in [0.15, 0.2) is 41.0 Å². The van der Waals surface area contributed by atoms with E-state index in [9.17, 15) is 4.79 Å². The van der Waals surface area contributed by atoms with Crippen LogP contribution < -0.4 is 5.73 Å². The number of amides is 1. The first kappa shape index (κ1) is 13.5. The van der Waals surface area contributed by atoms with Crippen molar-refractivity contribution in [3.05, 3.63) is 52.9 Å². The van der Waals surface area contributed by atoms with Crippen molar-refractivity contribution in [2.75, 3.05) is 12.3 Å². The Hall–Kier alpha value is -1.94. The van der Waals surface area contributed by atoms with Gasteiger partial charge in [0.1, 0.15) is 0 Å². The number of anilines is 1. The Kier molecular flexibility index (Phi) is 4.12. The molecule has 5 heteroatoms. The fraction of sp³-hybridized carbons (Fsp3) is 0.214. The lowest BCUT2D eigenvalue weighted by molar-refractivity contribution is 0.0752. The van der Waals surface area contributed by atoms with Crippen LogP contribution in [0.3, 0.4) is 0 Å². The second-order valence-electron chi connectivity index (χ2n) is 4.17. The number of halogens is 1. The van der Waals surface area contributed by atoms with Gasteiger partial charge >= 0.3 is 0 Å². The van der Waals surface area contributed by atoms with E-state index in [-0.39, 0.29) is 11.1 Å². The monoisotopic (exact) mass is 278 g/mol. The molecular weight excluding hydrogens is 264 g/mol. The van der Waals surface area contributed by atoms with E-state index >= 15 is 0 Å². The molecule has 0 spiro atoms. The van der Waals surface area contributed by atoms with E-state index in [1.165, 1.54) is 6.26 Å². The Morgan fingerprint density at radius 2 is 2.21 bits per heavy atom. The Morgan fingerprint density at radius 1 is 1.42 bits per heavy atom. The number of furan rings is 1. The molecule has 2 aromatic rings. The number of rotatable bonds is 4. The summed E-state index contributed by atoms with van der Waals surface area (Å²) < 4.78 is 4.95. The molecule has 0 fully saturated rings. The molecule has 0 unspecified atom stereocenters. The van der Waals surface area contributed by atoms with Gasteiger partial charge in [0.15, 0.2) is 0 Å². The Labute approximate surface area is 116 Å². The number of nitrogens with zero attached hydrogens (tertiary/aromatic N) is 1. The zero-order chi connectivity index (χ0) is 13.8. The van der Waals surface area contributed by atoms with E-state index < -0.39 is 0 Å². The van der Waals surface area contributed by atoms with E-state index in [0.29, 0.717) is 24.3 Å². The minimum Gasteiger partial charge on any atom is -0.452 e. The van der Waals surface area contributed by atoms with Crippen LogP contribution in [0.1, 0.15) is 22.8 Å². The fourth-order valence-corrected chi connectivity index (χ4v) is 2.05. The average molecular weight is 279 g/mol. The molecule has 0 bridgehead atoms. The largest absolute Gasteiger partial charge is 0.452 e. The van der Waals surface area contributed by atoms with Crippen LogP contribution in [0.5, 0.6) is 0 Å². The van der Waals surface area contributed by atoms with Gasteiger partial charge in [-0.1, -0.05) is 12.1 Å². The van der Waals surface area contributed by atoms with Crippen LogP contribution in [0, 0.1) is 0 Å². The van der Waals surface area contributed by atoms with Crippen molar-refractivity contribution < 1.29 is 9.21 Å². The van der Waals surface area contributed by atoms with Crippen molar-refractivity contribution >= 4 is 23.2 Å². The molecule has 4 nitrogen and oxygen atoms in total. The molecule has 0 atom stereocenters. The summed E-state index contributed by atoms with van der Waals surface area (Å²) in [4.78, 5) is 14.0. The SMILES string of the molecule is CCN(Cc1cccc(N)c1)C(=O)c1ccoc1Cl. The van der Waals surface area contributed by atoms with Gasteiger partial charge in [0.2, 0.25) is 5.22 Å². The number of nitrogens with two attached hydrogens (primary N) is 1. The van der Waals surface area contributed by atoms with Crippen LogP contribution in [0.2, 0.25) is 5.22 Å². The minimum atomic E-state index is -0.149. The lowest BCUT2D eigenvalue weighted by Gasteiger charge is -2.20. The highest BCUT2D eigenvalue weighted by Crippen LogP contribution is 2.20. The van der Waals surface area contributed by atoms with Crippen LogP contribution in [0.4, 0.5) is 5.69 Å². The zero-order valence-electron chi connectivity index (χ0n) is 10.6. The third-order valence-electron chi connectivity index (χ3n) is 2.84. The zero-order valence-corrected chi connectivity index (χ0v) is 11.4. The molecule has 1 heterocycles. The normalized spacial score (nSPS) is 10.4. The molecule has 0 aliphatic carbocycles. The summed E-state index contributed by atoms with van der Waals surface area (Å²) in [6.45, 7) is 2.98. The third-order valence-corrected chi connectivity index (χ3v) is 3.13. The number of nitrogen functional groups attached to an aromatic ring is 1. The third kappa shape index (κ3) is 3.09. The highest BCUT2D eigenvalue weighted by molar-refractivity contribution is 6.32. The molecule has 1 aromatic heterocycles. The van der Waals surface area contributed by atoms with Crippen molar-refractivity contribution in [3.8, 4) is 0 Å². The van der Waals surface area contributed by atoms with Crippen molar-refractivity contribution in [2.45, 2.75) is 13.5 Å². The molecule has 1 amide bonds. The average Bonchev–Trinajstić information content (AvgIpc) is 2.81. The summed E-state index contributed by atoms with van der Waals surface area (Å²) in [6.07, 6.45) is 1.41. The summed E-state index contributed by atoms with van der Waals surface area (Å²) in [5, 5.41) is 0.121. The smallest absolute Gasteiger partial charge is 0.259 e. The summed E-state index contributed by atoms with van der Waals surface area (Å²) in [5.74, 6) is -0.149. The molecule has 0 radical (unpaired) electrons. The fourth-order valence-electron chi connectivity index (χ4n) is 1.86. The predicted molar refractivity (Wildman–Crippen MR) is 75.0 cm³/mol. The topological polar surface area (TPSA) is 59.5 Å². The number of hydrogen-bond acceptors (Lipinski definition) is 3. The molecule has 19 heavy (non-hydrogen) atoms. The standard InChI is InChI=1S/C14H15ClN2O2/c1-2-17(9-10-4-3-5-11(16)8-10)14(18)12-6-7-19-13(12)15/h3-8H,2,9,16H2,1H3. The van der Waals surface area contributed by atoms with Crippen molar-refractivity contribution in [3.63, 3.8) is 0 Å². The minimum absolute atomic E-state index is 0.121. The predicted octanol–water partition coefficient (Wildman–Crippen LogP) is 3.18. The lowest BCUT2D eigenvalue weighted by Crippen LogP contribution is -2.30. The molecule has 0 saturated heterocycles. The van der Waals surface area contributed by atoms with Crippen LogP contribution in [-0.2, 0) is 6.54 Å². The molecule has 2 N–H and O–H groups in total. The summed E-state index contributed by atoms with van der Waals surface area (Å²) in [6, 6.07) is 9.05. The van der Waals surface area contributed by atoms with E-state index in [0.717, 1.165) is 5.56 Å². The highest BCUT2D eigenvalue weighted by atomic mass is 35.5. The van der Waals surface area contributed by atoms with E-state index in [4.69, 9.17) is 21.8 Å². The van der Waals surface area contributed by atoms with E-state index in [1.807, 2.05) is 31.2 Å². The van der Waals surface area contributed by atoms with Crippen molar-refractivity contribution in [1.29, 1.82) is 0 Å². The quantitative estimate of drug-likeness (QED) is 0.874. The van der Waals surface area contributed by atoms with Crippen molar-refractivity contribution in [1.82, 2.24) is 4.90 Å². The van der Waals surface area contributed by atoms with Gasteiger partial charge in [0, 0.05) is 18.8 Å². The number of carbonyl (C=O) groups is 1. The van der Waals surface area contributed by atoms with Crippen LogP contribution >= 0.6 is 11.6 Å². The van der Waals surface area contributed by atoms with Gasteiger partial charge in [-0.05, 0) is 42.3 Å². The lowest BCUT2D eigenvalue weighted by atomic mass is 10.1. The van der Waals surface area contributed by atoms with Crippen LogP contribution in [-0.4, -0.2) is 17.4 Å². The van der Waals surface area contributed by atoms with Gasteiger partial charge < -0.3 is 15.1 Å².